The van der Waals surface area contributed by atoms with Crippen LogP contribution in [0.5, 0.6) is 5.75 Å². The summed E-state index contributed by atoms with van der Waals surface area (Å²) >= 11 is 0. The van der Waals surface area contributed by atoms with Crippen molar-refractivity contribution < 1.29 is 23.4 Å². The molecule has 136 valence electrons. The number of rotatable bonds is 8. The van der Waals surface area contributed by atoms with E-state index in [1.165, 1.54) is 12.1 Å². The van der Waals surface area contributed by atoms with E-state index >= 15 is 0 Å². The quantitative estimate of drug-likeness (QED) is 0.530. The van der Waals surface area contributed by atoms with Crippen molar-refractivity contribution >= 4 is 16.9 Å². The number of carboxylic acids is 1. The Labute approximate surface area is 151 Å². The van der Waals surface area contributed by atoms with Crippen LogP contribution >= 0.6 is 0 Å². The zero-order valence-corrected chi connectivity index (χ0v) is 14.6. The number of halogens is 1. The molecule has 0 aliphatic carbocycles. The van der Waals surface area contributed by atoms with E-state index in [1.807, 2.05) is 0 Å². The van der Waals surface area contributed by atoms with Gasteiger partial charge in [-0.25, -0.2) is 9.18 Å². The van der Waals surface area contributed by atoms with Crippen LogP contribution in [0.2, 0.25) is 0 Å². The molecule has 1 heterocycles. The average molecular weight is 356 g/mol. The van der Waals surface area contributed by atoms with Gasteiger partial charge in [-0.15, -0.1) is 0 Å². The molecule has 0 aliphatic heterocycles. The van der Waals surface area contributed by atoms with Crippen LogP contribution in [-0.4, -0.2) is 17.2 Å². The molecule has 1 aromatic heterocycles. The van der Waals surface area contributed by atoms with Gasteiger partial charge >= 0.3 is 5.97 Å². The molecule has 0 fully saturated rings. The van der Waals surface area contributed by atoms with Crippen molar-refractivity contribution in [1.29, 1.82) is 0 Å². The van der Waals surface area contributed by atoms with Crippen LogP contribution in [-0.2, 0) is 4.79 Å². The van der Waals surface area contributed by atoms with E-state index in [-0.39, 0.29) is 5.82 Å². The van der Waals surface area contributed by atoms with Gasteiger partial charge in [0.1, 0.15) is 22.9 Å². The summed E-state index contributed by atoms with van der Waals surface area (Å²) in [7, 11) is 0. The maximum Gasteiger partial charge on any atom is 0.344 e. The molecule has 26 heavy (non-hydrogen) atoms. The Morgan fingerprint density at radius 3 is 2.62 bits per heavy atom. The van der Waals surface area contributed by atoms with E-state index < -0.39 is 12.1 Å². The molecule has 1 atom stereocenters. The Hall–Kier alpha value is -2.82. The minimum Gasteiger partial charge on any atom is -0.479 e. The molecule has 1 N–H and O–H groups in total. The van der Waals surface area contributed by atoms with Gasteiger partial charge in [-0.2, -0.15) is 0 Å². The molecule has 0 bridgehead atoms. The van der Waals surface area contributed by atoms with Crippen LogP contribution in [0.4, 0.5) is 4.39 Å². The van der Waals surface area contributed by atoms with Gasteiger partial charge in [0, 0.05) is 10.9 Å². The number of aliphatic carboxylic acids is 1. The molecular weight excluding hydrogens is 335 g/mol. The highest BCUT2D eigenvalue weighted by Crippen LogP contribution is 2.29. The van der Waals surface area contributed by atoms with Crippen molar-refractivity contribution in [3.8, 4) is 17.1 Å². The van der Waals surface area contributed by atoms with E-state index in [0.717, 1.165) is 24.8 Å². The van der Waals surface area contributed by atoms with Crippen LogP contribution in [0, 0.1) is 5.82 Å². The number of carboxylic acid groups (broad SMARTS) is 1. The fourth-order valence-electron chi connectivity index (χ4n) is 2.83. The van der Waals surface area contributed by atoms with Crippen molar-refractivity contribution in [2.45, 2.75) is 38.7 Å². The number of unbranched alkanes of at least 4 members (excludes halogenated alkanes) is 2. The Morgan fingerprint density at radius 2 is 1.92 bits per heavy atom. The van der Waals surface area contributed by atoms with Crippen LogP contribution < -0.4 is 4.74 Å². The SMILES string of the molecule is CCCCCC(Oc1ccc(-c2cc3cc(F)ccc3o2)cc1)C(=O)O. The highest BCUT2D eigenvalue weighted by molar-refractivity contribution is 5.82. The summed E-state index contributed by atoms with van der Waals surface area (Å²) in [5.41, 5.74) is 1.43. The summed E-state index contributed by atoms with van der Waals surface area (Å²) in [5.74, 6) is -0.143. The topological polar surface area (TPSA) is 59.7 Å². The summed E-state index contributed by atoms with van der Waals surface area (Å²) in [6, 6.07) is 13.2. The summed E-state index contributed by atoms with van der Waals surface area (Å²) in [6.07, 6.45) is 2.48. The fourth-order valence-corrected chi connectivity index (χ4v) is 2.83. The van der Waals surface area contributed by atoms with Crippen molar-refractivity contribution in [2.24, 2.45) is 0 Å². The van der Waals surface area contributed by atoms with Gasteiger partial charge < -0.3 is 14.3 Å². The average Bonchev–Trinajstić information content (AvgIpc) is 3.04. The lowest BCUT2D eigenvalue weighted by Crippen LogP contribution is -2.26. The Kier molecular flexibility index (Phi) is 5.56. The predicted molar refractivity (Wildman–Crippen MR) is 97.8 cm³/mol. The van der Waals surface area contributed by atoms with Crippen molar-refractivity contribution in [3.05, 3.63) is 54.3 Å². The van der Waals surface area contributed by atoms with E-state index in [4.69, 9.17) is 9.15 Å². The molecule has 0 spiro atoms. The van der Waals surface area contributed by atoms with Crippen molar-refractivity contribution in [1.82, 2.24) is 0 Å². The standard InChI is InChI=1S/C21H21FO4/c1-2-3-4-5-19(21(23)24)25-17-9-6-14(7-10-17)20-13-15-12-16(22)8-11-18(15)26-20/h6-13,19H,2-5H2,1H3,(H,23,24). The van der Waals surface area contributed by atoms with Crippen LogP contribution in [0.15, 0.2) is 52.9 Å². The minimum atomic E-state index is -0.954. The normalized spacial score (nSPS) is 12.2. The van der Waals surface area contributed by atoms with E-state index in [9.17, 15) is 14.3 Å². The summed E-state index contributed by atoms with van der Waals surface area (Å²) in [6.45, 7) is 2.07. The monoisotopic (exact) mass is 356 g/mol. The number of furan rings is 1. The van der Waals surface area contributed by atoms with E-state index in [2.05, 4.69) is 6.92 Å². The number of hydrogen-bond donors (Lipinski definition) is 1. The first kappa shape index (κ1) is 18.0. The molecule has 5 heteroatoms. The van der Waals surface area contributed by atoms with Crippen LogP contribution in [0.3, 0.4) is 0 Å². The lowest BCUT2D eigenvalue weighted by Gasteiger charge is -2.15. The van der Waals surface area contributed by atoms with Crippen molar-refractivity contribution in [3.63, 3.8) is 0 Å². The third-order valence-electron chi connectivity index (χ3n) is 4.24. The third kappa shape index (κ3) is 4.23. The van der Waals surface area contributed by atoms with Gasteiger partial charge in [0.25, 0.3) is 0 Å². The third-order valence-corrected chi connectivity index (χ3v) is 4.24. The molecule has 4 nitrogen and oxygen atoms in total. The number of hydrogen-bond acceptors (Lipinski definition) is 3. The molecule has 0 aliphatic rings. The largest absolute Gasteiger partial charge is 0.479 e. The second-order valence-corrected chi connectivity index (χ2v) is 6.26. The molecule has 2 aromatic carbocycles. The van der Waals surface area contributed by atoms with Gasteiger partial charge in [-0.3, -0.25) is 0 Å². The predicted octanol–water partition coefficient (Wildman–Crippen LogP) is 5.65. The first-order valence-corrected chi connectivity index (χ1v) is 8.76. The van der Waals surface area contributed by atoms with Gasteiger partial charge in [0.05, 0.1) is 0 Å². The lowest BCUT2D eigenvalue weighted by atomic mass is 10.1. The number of ether oxygens (including phenoxy) is 1. The lowest BCUT2D eigenvalue weighted by molar-refractivity contribution is -0.145. The van der Waals surface area contributed by atoms with Gasteiger partial charge in [-0.05, 0) is 61.4 Å². The van der Waals surface area contributed by atoms with Gasteiger partial charge in [0.2, 0.25) is 0 Å². The molecule has 0 saturated heterocycles. The molecule has 1 unspecified atom stereocenters. The van der Waals surface area contributed by atoms with Crippen LogP contribution in [0.1, 0.15) is 32.6 Å². The molecule has 3 aromatic rings. The fraction of sp³-hybridized carbons (Fsp3) is 0.286. The zero-order chi connectivity index (χ0) is 18.5. The number of carbonyl (C=O) groups is 1. The highest BCUT2D eigenvalue weighted by Gasteiger charge is 2.19. The Bertz CT molecular complexity index is 883. The molecular formula is C21H21FO4. The minimum absolute atomic E-state index is 0.309. The van der Waals surface area contributed by atoms with Crippen molar-refractivity contribution in [2.75, 3.05) is 0 Å². The molecule has 0 amide bonds. The molecule has 3 rings (SSSR count). The number of benzene rings is 2. The van der Waals surface area contributed by atoms with Crippen LogP contribution in [0.25, 0.3) is 22.3 Å². The molecule has 0 saturated carbocycles. The highest BCUT2D eigenvalue weighted by atomic mass is 19.1. The van der Waals surface area contributed by atoms with Gasteiger partial charge in [-0.1, -0.05) is 19.8 Å². The first-order chi connectivity index (χ1) is 12.6. The summed E-state index contributed by atoms with van der Waals surface area (Å²) < 4.78 is 24.6. The molecule has 0 radical (unpaired) electrons. The summed E-state index contributed by atoms with van der Waals surface area (Å²) in [5, 5.41) is 10.00. The van der Waals surface area contributed by atoms with E-state index in [1.54, 1.807) is 36.4 Å². The summed E-state index contributed by atoms with van der Waals surface area (Å²) in [4.78, 5) is 11.3. The zero-order valence-electron chi connectivity index (χ0n) is 14.6. The second kappa shape index (κ2) is 8.04. The first-order valence-electron chi connectivity index (χ1n) is 8.76. The second-order valence-electron chi connectivity index (χ2n) is 6.26. The Balaban J connectivity index is 1.73. The maximum absolute atomic E-state index is 13.3. The smallest absolute Gasteiger partial charge is 0.344 e. The van der Waals surface area contributed by atoms with Gasteiger partial charge in [0.15, 0.2) is 6.10 Å². The van der Waals surface area contributed by atoms with E-state index in [0.29, 0.717) is 28.9 Å². The Morgan fingerprint density at radius 1 is 1.15 bits per heavy atom. The maximum atomic E-state index is 13.3. The number of fused-ring (bicyclic) bond motifs is 1.